The average Bonchev–Trinajstić information content (AvgIpc) is 3.08. The Morgan fingerprint density at radius 1 is 1.42 bits per heavy atom. The number of rotatable bonds is 6. The van der Waals surface area contributed by atoms with Crippen LogP contribution in [-0.4, -0.2) is 60.3 Å². The number of carboxylic acid groups (broad SMARTS) is 1. The molecule has 1 aromatic carbocycles. The maximum atomic E-state index is 11.5. The number of hydrogen-bond donors (Lipinski definition) is 3. The molecule has 24 heavy (non-hydrogen) atoms. The molecule has 7 nitrogen and oxygen atoms in total. The summed E-state index contributed by atoms with van der Waals surface area (Å²) in [6, 6.07) is 5.81. The minimum Gasteiger partial charge on any atom is -0.477 e. The number of cyclic esters (lactones) is 1. The fourth-order valence-electron chi connectivity index (χ4n) is 3.02. The van der Waals surface area contributed by atoms with Gasteiger partial charge < -0.3 is 25.0 Å². The summed E-state index contributed by atoms with van der Waals surface area (Å²) in [7, 11) is 3.92. The van der Waals surface area contributed by atoms with Gasteiger partial charge in [0, 0.05) is 17.4 Å². The van der Waals surface area contributed by atoms with Crippen LogP contribution in [0.1, 0.15) is 21.6 Å². The number of fused-ring (bicyclic) bond motifs is 1. The number of nitrogens with zero attached hydrogens (tertiary/aromatic N) is 1. The number of carboxylic acids is 1. The monoisotopic (exact) mass is 331 g/mol. The van der Waals surface area contributed by atoms with Gasteiger partial charge in [-0.2, -0.15) is 0 Å². The highest BCUT2D eigenvalue weighted by atomic mass is 16.6. The smallest absolute Gasteiger partial charge is 0.407 e. The molecule has 3 N–H and O–H groups in total. The van der Waals surface area contributed by atoms with E-state index in [1.54, 1.807) is 0 Å². The van der Waals surface area contributed by atoms with Gasteiger partial charge in [-0.15, -0.1) is 0 Å². The Labute approximate surface area is 139 Å². The van der Waals surface area contributed by atoms with E-state index in [4.69, 9.17) is 4.74 Å². The van der Waals surface area contributed by atoms with Gasteiger partial charge in [0.2, 0.25) is 0 Å². The van der Waals surface area contributed by atoms with Gasteiger partial charge in [-0.1, -0.05) is 6.07 Å². The van der Waals surface area contributed by atoms with Crippen LogP contribution in [0.4, 0.5) is 4.79 Å². The van der Waals surface area contributed by atoms with Crippen molar-refractivity contribution in [2.24, 2.45) is 0 Å². The van der Waals surface area contributed by atoms with Crippen molar-refractivity contribution in [1.82, 2.24) is 15.2 Å². The number of alkyl carbamates (subject to hydrolysis) is 1. The fraction of sp³-hybridized carbons (Fsp3) is 0.412. The number of ether oxygens (including phenoxy) is 1. The fourth-order valence-corrected chi connectivity index (χ4v) is 3.02. The number of carbonyl (C=O) groups excluding carboxylic acids is 1. The molecular formula is C17H21N3O4. The number of hydrogen-bond acceptors (Lipinski definition) is 4. The van der Waals surface area contributed by atoms with Gasteiger partial charge in [-0.3, -0.25) is 0 Å². The molecule has 7 heteroatoms. The van der Waals surface area contributed by atoms with Gasteiger partial charge in [0.1, 0.15) is 12.3 Å². The minimum atomic E-state index is -0.946. The van der Waals surface area contributed by atoms with Gasteiger partial charge in [0.05, 0.1) is 6.04 Å². The first kappa shape index (κ1) is 16.3. The summed E-state index contributed by atoms with van der Waals surface area (Å²) < 4.78 is 4.91. The zero-order valence-corrected chi connectivity index (χ0v) is 13.8. The van der Waals surface area contributed by atoms with Crippen LogP contribution >= 0.6 is 0 Å². The summed E-state index contributed by atoms with van der Waals surface area (Å²) in [6.45, 7) is 1.13. The lowest BCUT2D eigenvalue weighted by atomic mass is 10.0. The largest absolute Gasteiger partial charge is 0.477 e. The number of nitrogens with one attached hydrogen (secondary N) is 2. The van der Waals surface area contributed by atoms with Crippen LogP contribution in [0.15, 0.2) is 18.2 Å². The Morgan fingerprint density at radius 3 is 2.83 bits per heavy atom. The van der Waals surface area contributed by atoms with Crippen LogP contribution in [0, 0.1) is 0 Å². The molecule has 1 atom stereocenters. The van der Waals surface area contributed by atoms with Crippen molar-refractivity contribution >= 4 is 23.0 Å². The molecule has 0 spiro atoms. The quantitative estimate of drug-likeness (QED) is 0.748. The van der Waals surface area contributed by atoms with E-state index in [1.165, 1.54) is 0 Å². The summed E-state index contributed by atoms with van der Waals surface area (Å²) >= 11 is 0. The second kappa shape index (κ2) is 6.52. The third-order valence-electron chi connectivity index (χ3n) is 4.21. The molecule has 1 aromatic heterocycles. The van der Waals surface area contributed by atoms with Gasteiger partial charge in [0.15, 0.2) is 0 Å². The topological polar surface area (TPSA) is 94.7 Å². The van der Waals surface area contributed by atoms with Crippen LogP contribution in [0.3, 0.4) is 0 Å². The first-order valence-electron chi connectivity index (χ1n) is 7.89. The number of benzene rings is 1. The second-order valence-corrected chi connectivity index (χ2v) is 6.36. The minimum absolute atomic E-state index is 0.0435. The highest BCUT2D eigenvalue weighted by Gasteiger charge is 2.23. The summed E-state index contributed by atoms with van der Waals surface area (Å²) in [5.41, 5.74) is 2.93. The SMILES string of the molecule is CN(C)CCc1c(C(=O)O)[nH]c2ccc(C[C@@H]3COC(=O)N3)cc12. The molecule has 1 amide bonds. The molecule has 1 aliphatic heterocycles. The van der Waals surface area contributed by atoms with E-state index >= 15 is 0 Å². The van der Waals surface area contributed by atoms with Gasteiger partial charge >= 0.3 is 12.1 Å². The van der Waals surface area contributed by atoms with E-state index in [2.05, 4.69) is 10.3 Å². The molecule has 0 radical (unpaired) electrons. The van der Waals surface area contributed by atoms with Gasteiger partial charge in [0.25, 0.3) is 0 Å². The van der Waals surface area contributed by atoms with Crippen LogP contribution in [-0.2, 0) is 17.6 Å². The average molecular weight is 331 g/mol. The zero-order valence-electron chi connectivity index (χ0n) is 13.8. The van der Waals surface area contributed by atoms with Crippen molar-refractivity contribution in [1.29, 1.82) is 0 Å². The first-order chi connectivity index (χ1) is 11.4. The van der Waals surface area contributed by atoms with E-state index in [1.807, 2.05) is 37.2 Å². The van der Waals surface area contributed by atoms with Crippen molar-refractivity contribution in [3.05, 3.63) is 35.0 Å². The number of likely N-dealkylation sites (N-methyl/N-ethyl adjacent to an activating group) is 1. The molecule has 0 bridgehead atoms. The molecule has 2 heterocycles. The molecule has 128 valence electrons. The van der Waals surface area contributed by atoms with E-state index < -0.39 is 5.97 Å². The molecule has 1 saturated heterocycles. The van der Waals surface area contributed by atoms with Crippen molar-refractivity contribution in [2.45, 2.75) is 18.9 Å². The highest BCUT2D eigenvalue weighted by molar-refractivity contribution is 5.97. The summed E-state index contributed by atoms with van der Waals surface area (Å²) in [6.07, 6.45) is 0.923. The lowest BCUT2D eigenvalue weighted by Gasteiger charge is -2.10. The van der Waals surface area contributed by atoms with E-state index in [-0.39, 0.29) is 17.8 Å². The third kappa shape index (κ3) is 3.35. The second-order valence-electron chi connectivity index (χ2n) is 6.36. The van der Waals surface area contributed by atoms with Crippen LogP contribution < -0.4 is 5.32 Å². The molecule has 3 rings (SSSR count). The number of aromatic nitrogens is 1. The predicted molar refractivity (Wildman–Crippen MR) is 89.5 cm³/mol. The number of aromatic amines is 1. The van der Waals surface area contributed by atoms with Crippen molar-refractivity contribution in [3.8, 4) is 0 Å². The number of carbonyl (C=O) groups is 2. The predicted octanol–water partition coefficient (Wildman–Crippen LogP) is 1.62. The molecule has 1 aliphatic rings. The molecule has 0 unspecified atom stereocenters. The molecule has 2 aromatic rings. The van der Waals surface area contributed by atoms with Crippen LogP contribution in [0.5, 0.6) is 0 Å². The number of H-pyrrole nitrogens is 1. The Morgan fingerprint density at radius 2 is 2.21 bits per heavy atom. The van der Waals surface area contributed by atoms with Crippen molar-refractivity contribution in [2.75, 3.05) is 27.2 Å². The first-order valence-corrected chi connectivity index (χ1v) is 7.89. The Kier molecular flexibility index (Phi) is 4.44. The standard InChI is InChI=1S/C17H21N3O4/c1-20(2)6-5-12-13-8-10(7-11-9-24-17(23)18-11)3-4-14(13)19-15(12)16(21)22/h3-4,8,11,19H,5-7,9H2,1-2H3,(H,18,23)(H,21,22)/t11-/m1/s1. The number of amides is 1. The maximum Gasteiger partial charge on any atom is 0.407 e. The molecule has 0 aliphatic carbocycles. The lowest BCUT2D eigenvalue weighted by Crippen LogP contribution is -2.28. The van der Waals surface area contributed by atoms with Crippen molar-refractivity contribution < 1.29 is 19.4 Å². The van der Waals surface area contributed by atoms with E-state index in [9.17, 15) is 14.7 Å². The Hall–Kier alpha value is -2.54. The van der Waals surface area contributed by atoms with Gasteiger partial charge in [-0.25, -0.2) is 9.59 Å². The zero-order chi connectivity index (χ0) is 17.3. The van der Waals surface area contributed by atoms with E-state index in [0.29, 0.717) is 19.4 Å². The highest BCUT2D eigenvalue weighted by Crippen LogP contribution is 2.25. The Bertz CT molecular complexity index is 781. The Balaban J connectivity index is 1.92. The molecule has 0 saturated carbocycles. The third-order valence-corrected chi connectivity index (χ3v) is 4.21. The van der Waals surface area contributed by atoms with Crippen LogP contribution in [0.25, 0.3) is 10.9 Å². The normalized spacial score (nSPS) is 17.3. The number of aromatic carboxylic acids is 1. The van der Waals surface area contributed by atoms with E-state index in [0.717, 1.165) is 28.6 Å². The van der Waals surface area contributed by atoms with Gasteiger partial charge in [-0.05, 0) is 50.2 Å². The molecular weight excluding hydrogens is 310 g/mol. The van der Waals surface area contributed by atoms with Crippen LogP contribution in [0.2, 0.25) is 0 Å². The molecule has 1 fully saturated rings. The maximum absolute atomic E-state index is 11.5. The summed E-state index contributed by atoms with van der Waals surface area (Å²) in [5.74, 6) is -0.946. The van der Waals surface area contributed by atoms with Crippen molar-refractivity contribution in [3.63, 3.8) is 0 Å². The summed E-state index contributed by atoms with van der Waals surface area (Å²) in [5, 5.41) is 13.1. The summed E-state index contributed by atoms with van der Waals surface area (Å²) in [4.78, 5) is 27.7. The lowest BCUT2D eigenvalue weighted by molar-refractivity contribution is 0.0690.